The summed E-state index contributed by atoms with van der Waals surface area (Å²) in [7, 11) is 0. The lowest BCUT2D eigenvalue weighted by molar-refractivity contribution is -0.158. The van der Waals surface area contributed by atoms with Gasteiger partial charge in [-0.15, -0.1) is 0 Å². The van der Waals surface area contributed by atoms with E-state index in [2.05, 4.69) is 45.2 Å². The highest BCUT2D eigenvalue weighted by Crippen LogP contribution is 2.43. The molecule has 0 radical (unpaired) electrons. The monoisotopic (exact) mass is 517 g/mol. The molecule has 3 aromatic rings. The number of hydrogen-bond acceptors (Lipinski definition) is 2. The quantitative estimate of drug-likeness (QED) is 0.464. The Morgan fingerprint density at radius 1 is 1.06 bits per heavy atom. The van der Waals surface area contributed by atoms with E-state index in [0.29, 0.717) is 13.0 Å². The predicted molar refractivity (Wildman–Crippen MR) is 136 cm³/mol. The van der Waals surface area contributed by atoms with Crippen LogP contribution in [0.2, 0.25) is 0 Å². The van der Waals surface area contributed by atoms with Gasteiger partial charge in [0, 0.05) is 34.0 Å². The molecule has 0 spiro atoms. The summed E-state index contributed by atoms with van der Waals surface area (Å²) in [5, 5.41) is 1.14. The number of carbonyl (C=O) groups is 2. The number of rotatable bonds is 4. The van der Waals surface area contributed by atoms with Crippen LogP contribution in [0.25, 0.3) is 10.9 Å². The number of hydrogen-bond donors (Lipinski definition) is 1. The van der Waals surface area contributed by atoms with E-state index in [1.165, 1.54) is 18.4 Å². The average molecular weight is 518 g/mol. The van der Waals surface area contributed by atoms with Crippen molar-refractivity contribution in [3.63, 3.8) is 0 Å². The standard InChI is InChI=1S/C28H28BrN3O2/c29-20-10-6-9-19(15-20)27-26-22(21-11-4-5-12-23(21)30-26)16-24-28(34)31(17-25(33)32(24)27)14-13-18-7-2-1-3-8-18/h4-7,9-12,15,24,27,30H,1-3,8,13-14,16-17H2/t24-,27+/m0/s1. The van der Waals surface area contributed by atoms with E-state index in [1.807, 2.05) is 35.2 Å². The van der Waals surface area contributed by atoms with Crippen molar-refractivity contribution in [3.8, 4) is 0 Å². The van der Waals surface area contributed by atoms with Gasteiger partial charge in [0.2, 0.25) is 11.8 Å². The molecule has 6 rings (SSSR count). The number of allylic oxidation sites excluding steroid dienone is 1. The summed E-state index contributed by atoms with van der Waals surface area (Å²) < 4.78 is 0.961. The number of para-hydroxylation sites is 1. The maximum atomic E-state index is 13.8. The Labute approximate surface area is 207 Å². The summed E-state index contributed by atoms with van der Waals surface area (Å²) >= 11 is 3.59. The van der Waals surface area contributed by atoms with Gasteiger partial charge in [0.05, 0.1) is 12.6 Å². The minimum absolute atomic E-state index is 0.0245. The first-order chi connectivity index (χ1) is 16.6. The van der Waals surface area contributed by atoms with Crippen molar-refractivity contribution in [2.45, 2.75) is 50.6 Å². The first-order valence-corrected chi connectivity index (χ1v) is 13.0. The molecule has 2 amide bonds. The smallest absolute Gasteiger partial charge is 0.246 e. The Bertz CT molecular complexity index is 1310. The summed E-state index contributed by atoms with van der Waals surface area (Å²) in [5.74, 6) is 0.100. The lowest BCUT2D eigenvalue weighted by atomic mass is 9.86. The minimum atomic E-state index is -0.475. The second-order valence-electron chi connectivity index (χ2n) is 9.66. The van der Waals surface area contributed by atoms with Crippen molar-refractivity contribution < 1.29 is 9.59 Å². The van der Waals surface area contributed by atoms with Crippen LogP contribution >= 0.6 is 15.9 Å². The highest BCUT2D eigenvalue weighted by Gasteiger charge is 2.48. The summed E-state index contributed by atoms with van der Waals surface area (Å²) in [5.41, 5.74) is 5.67. The Morgan fingerprint density at radius 2 is 1.94 bits per heavy atom. The van der Waals surface area contributed by atoms with Crippen LogP contribution in [0.3, 0.4) is 0 Å². The van der Waals surface area contributed by atoms with Crippen molar-refractivity contribution in [1.82, 2.24) is 14.8 Å². The van der Waals surface area contributed by atoms with E-state index in [0.717, 1.165) is 51.5 Å². The Kier molecular flexibility index (Phi) is 5.56. The van der Waals surface area contributed by atoms with Crippen LogP contribution in [0.1, 0.15) is 55.0 Å². The molecule has 174 valence electrons. The number of carbonyl (C=O) groups excluding carboxylic acids is 2. The van der Waals surface area contributed by atoms with E-state index < -0.39 is 6.04 Å². The topological polar surface area (TPSA) is 56.4 Å². The van der Waals surface area contributed by atoms with Crippen LogP contribution in [0, 0.1) is 0 Å². The zero-order chi connectivity index (χ0) is 23.2. The van der Waals surface area contributed by atoms with Crippen molar-refractivity contribution in [3.05, 3.63) is 81.5 Å². The maximum Gasteiger partial charge on any atom is 0.246 e. The minimum Gasteiger partial charge on any atom is -0.356 e. The molecule has 3 heterocycles. The molecule has 1 aliphatic carbocycles. The molecule has 0 bridgehead atoms. The van der Waals surface area contributed by atoms with Gasteiger partial charge in [-0.1, -0.05) is 57.9 Å². The van der Waals surface area contributed by atoms with Crippen molar-refractivity contribution >= 4 is 38.6 Å². The molecule has 2 aliphatic heterocycles. The SMILES string of the molecule is O=C1[C@@H]2Cc3c([nH]c4ccccc34)[C@@H](c3cccc(Br)c3)N2C(=O)CN1CCC1=CCCCC1. The number of nitrogens with one attached hydrogen (secondary N) is 1. The van der Waals surface area contributed by atoms with Gasteiger partial charge in [0.15, 0.2) is 0 Å². The van der Waals surface area contributed by atoms with Gasteiger partial charge in [-0.2, -0.15) is 0 Å². The molecule has 1 saturated heterocycles. The van der Waals surface area contributed by atoms with Crippen LogP contribution in [-0.4, -0.2) is 45.7 Å². The molecule has 1 fully saturated rings. The number of aromatic amines is 1. The number of aromatic nitrogens is 1. The fourth-order valence-electron chi connectivity index (χ4n) is 5.95. The first-order valence-electron chi connectivity index (χ1n) is 12.2. The molecule has 3 aliphatic rings. The lowest BCUT2D eigenvalue weighted by Gasteiger charge is -2.47. The number of piperazine rings is 1. The van der Waals surface area contributed by atoms with Crippen LogP contribution in [0.5, 0.6) is 0 Å². The molecule has 1 N–H and O–H groups in total. The Morgan fingerprint density at radius 3 is 2.76 bits per heavy atom. The highest BCUT2D eigenvalue weighted by molar-refractivity contribution is 9.10. The van der Waals surface area contributed by atoms with E-state index in [4.69, 9.17) is 0 Å². The Balaban J connectivity index is 1.39. The van der Waals surface area contributed by atoms with Gasteiger partial charge in [-0.3, -0.25) is 9.59 Å². The van der Waals surface area contributed by atoms with Crippen molar-refractivity contribution in [2.75, 3.05) is 13.1 Å². The van der Waals surface area contributed by atoms with Crippen LogP contribution in [0.15, 0.2) is 64.7 Å². The van der Waals surface area contributed by atoms with Crippen LogP contribution in [-0.2, 0) is 16.0 Å². The molecule has 2 aromatic carbocycles. The fourth-order valence-corrected chi connectivity index (χ4v) is 6.36. The number of amides is 2. The Hall–Kier alpha value is -2.86. The molecule has 34 heavy (non-hydrogen) atoms. The van der Waals surface area contributed by atoms with Gasteiger partial charge in [0.25, 0.3) is 0 Å². The summed E-state index contributed by atoms with van der Waals surface area (Å²) in [4.78, 5) is 34.6. The molecule has 6 heteroatoms. The van der Waals surface area contributed by atoms with E-state index in [9.17, 15) is 9.59 Å². The first kappa shape index (κ1) is 21.7. The number of H-pyrrole nitrogens is 1. The third kappa shape index (κ3) is 3.68. The zero-order valence-corrected chi connectivity index (χ0v) is 20.7. The lowest BCUT2D eigenvalue weighted by Crippen LogP contribution is -2.63. The molecule has 5 nitrogen and oxygen atoms in total. The normalized spacial score (nSPS) is 22.6. The molecular formula is C28H28BrN3O2. The van der Waals surface area contributed by atoms with Crippen molar-refractivity contribution in [1.29, 1.82) is 0 Å². The molecule has 0 saturated carbocycles. The highest BCUT2D eigenvalue weighted by atomic mass is 79.9. The number of fused-ring (bicyclic) bond motifs is 4. The third-order valence-corrected chi connectivity index (χ3v) is 8.09. The number of benzene rings is 2. The van der Waals surface area contributed by atoms with Gasteiger partial charge in [-0.25, -0.2) is 0 Å². The maximum absolute atomic E-state index is 13.8. The fraction of sp³-hybridized carbons (Fsp3) is 0.357. The summed E-state index contributed by atoms with van der Waals surface area (Å²) in [6.45, 7) is 0.783. The second kappa shape index (κ2) is 8.73. The van der Waals surface area contributed by atoms with Gasteiger partial charge < -0.3 is 14.8 Å². The van der Waals surface area contributed by atoms with E-state index >= 15 is 0 Å². The molecule has 1 aromatic heterocycles. The van der Waals surface area contributed by atoms with Crippen LogP contribution < -0.4 is 0 Å². The summed E-state index contributed by atoms with van der Waals surface area (Å²) in [6.07, 6.45) is 8.49. The average Bonchev–Trinajstić information content (AvgIpc) is 3.23. The van der Waals surface area contributed by atoms with Gasteiger partial charge >= 0.3 is 0 Å². The van der Waals surface area contributed by atoms with Gasteiger partial charge in [-0.05, 0) is 61.4 Å². The van der Waals surface area contributed by atoms with E-state index in [-0.39, 0.29) is 24.4 Å². The zero-order valence-electron chi connectivity index (χ0n) is 19.1. The van der Waals surface area contributed by atoms with E-state index in [1.54, 1.807) is 4.90 Å². The summed E-state index contributed by atoms with van der Waals surface area (Å²) in [6, 6.07) is 15.5. The van der Waals surface area contributed by atoms with Gasteiger partial charge in [0.1, 0.15) is 6.04 Å². The number of halogens is 1. The largest absolute Gasteiger partial charge is 0.356 e. The number of nitrogens with zero attached hydrogens (tertiary/aromatic N) is 2. The van der Waals surface area contributed by atoms with Crippen LogP contribution in [0.4, 0.5) is 0 Å². The third-order valence-electron chi connectivity index (χ3n) is 7.59. The predicted octanol–water partition coefficient (Wildman–Crippen LogP) is 5.51. The molecule has 2 atom stereocenters. The molecular weight excluding hydrogens is 490 g/mol. The molecule has 0 unspecified atom stereocenters. The second-order valence-corrected chi connectivity index (χ2v) is 10.6. The van der Waals surface area contributed by atoms with Crippen molar-refractivity contribution in [2.24, 2.45) is 0 Å².